The van der Waals surface area contributed by atoms with E-state index in [1.807, 2.05) is 0 Å². The van der Waals surface area contributed by atoms with Crippen LogP contribution < -0.4 is 5.73 Å². The minimum absolute atomic E-state index is 0.454. The molecule has 94 valence electrons. The number of hydrogen-bond donors (Lipinski definition) is 1. The molecule has 2 rings (SSSR count). The van der Waals surface area contributed by atoms with E-state index in [9.17, 15) is 0 Å². The first-order valence-electron chi connectivity index (χ1n) is 7.15. The molecule has 2 N–H and O–H groups in total. The quantitative estimate of drug-likeness (QED) is 0.754. The smallest absolute Gasteiger partial charge is 0.0580 e. The summed E-state index contributed by atoms with van der Waals surface area (Å²) in [4.78, 5) is 0. The van der Waals surface area contributed by atoms with Crippen molar-refractivity contribution in [3.05, 3.63) is 0 Å². The lowest BCUT2D eigenvalue weighted by molar-refractivity contribution is -0.0285. The van der Waals surface area contributed by atoms with Crippen molar-refractivity contribution in [3.8, 4) is 0 Å². The zero-order valence-electron chi connectivity index (χ0n) is 10.7. The molecule has 1 unspecified atom stereocenters. The van der Waals surface area contributed by atoms with Gasteiger partial charge in [0.05, 0.1) is 6.10 Å². The first-order valence-corrected chi connectivity index (χ1v) is 7.15. The van der Waals surface area contributed by atoms with Crippen molar-refractivity contribution in [2.45, 2.75) is 70.4 Å². The molecule has 0 aromatic heterocycles. The van der Waals surface area contributed by atoms with Crippen LogP contribution in [0.15, 0.2) is 0 Å². The average molecular weight is 225 g/mol. The molecule has 2 heteroatoms. The van der Waals surface area contributed by atoms with Gasteiger partial charge in [-0.05, 0) is 44.4 Å². The molecular formula is C14H27NO. The van der Waals surface area contributed by atoms with Crippen LogP contribution in [0.4, 0.5) is 0 Å². The van der Waals surface area contributed by atoms with Crippen LogP contribution in [0.3, 0.4) is 0 Å². The van der Waals surface area contributed by atoms with E-state index in [1.54, 1.807) is 0 Å². The maximum atomic E-state index is 6.24. The number of hydrogen-bond acceptors (Lipinski definition) is 2. The minimum atomic E-state index is 0.454. The Morgan fingerprint density at radius 3 is 2.38 bits per heavy atom. The summed E-state index contributed by atoms with van der Waals surface area (Å²) in [5.41, 5.74) is 6.24. The summed E-state index contributed by atoms with van der Waals surface area (Å²) in [5.74, 6) is 1.80. The van der Waals surface area contributed by atoms with Crippen molar-refractivity contribution in [1.29, 1.82) is 0 Å². The van der Waals surface area contributed by atoms with Gasteiger partial charge in [-0.15, -0.1) is 0 Å². The van der Waals surface area contributed by atoms with Crippen LogP contribution in [0.1, 0.15) is 58.3 Å². The Hall–Kier alpha value is -0.0800. The van der Waals surface area contributed by atoms with Gasteiger partial charge in [-0.1, -0.05) is 25.7 Å². The summed E-state index contributed by atoms with van der Waals surface area (Å²) >= 11 is 0. The molecule has 0 bridgehead atoms. The fourth-order valence-electron chi connectivity index (χ4n) is 3.44. The number of ether oxygens (including phenoxy) is 1. The van der Waals surface area contributed by atoms with Gasteiger partial charge in [0.25, 0.3) is 0 Å². The van der Waals surface area contributed by atoms with Crippen molar-refractivity contribution >= 4 is 0 Å². The van der Waals surface area contributed by atoms with Gasteiger partial charge in [0, 0.05) is 12.6 Å². The van der Waals surface area contributed by atoms with Crippen LogP contribution in [0, 0.1) is 11.8 Å². The highest BCUT2D eigenvalue weighted by atomic mass is 16.5. The van der Waals surface area contributed by atoms with E-state index < -0.39 is 0 Å². The second kappa shape index (κ2) is 6.02. The molecule has 0 spiro atoms. The molecule has 0 aromatic carbocycles. The Labute approximate surface area is 99.9 Å². The number of rotatable bonds is 6. The summed E-state index contributed by atoms with van der Waals surface area (Å²) in [5, 5.41) is 0. The van der Waals surface area contributed by atoms with E-state index in [0.717, 1.165) is 18.4 Å². The Morgan fingerprint density at radius 2 is 1.75 bits per heavy atom. The first kappa shape index (κ1) is 12.4. The van der Waals surface area contributed by atoms with E-state index in [2.05, 4.69) is 6.92 Å². The fraction of sp³-hybridized carbons (Fsp3) is 1.00. The Bertz CT molecular complexity index is 195. The Morgan fingerprint density at radius 1 is 1.12 bits per heavy atom. The van der Waals surface area contributed by atoms with Gasteiger partial charge in [0.15, 0.2) is 0 Å². The van der Waals surface area contributed by atoms with Crippen LogP contribution in [-0.2, 0) is 4.74 Å². The zero-order valence-corrected chi connectivity index (χ0v) is 10.7. The summed E-state index contributed by atoms with van der Waals surface area (Å²) in [6, 6.07) is 0.454. The molecule has 0 saturated heterocycles. The lowest BCUT2D eigenvalue weighted by Crippen LogP contribution is -2.36. The number of nitrogens with two attached hydrogens (primary N) is 1. The van der Waals surface area contributed by atoms with Crippen LogP contribution in [0.5, 0.6) is 0 Å². The van der Waals surface area contributed by atoms with Gasteiger partial charge in [-0.25, -0.2) is 0 Å². The van der Waals surface area contributed by atoms with Crippen molar-refractivity contribution in [3.63, 3.8) is 0 Å². The maximum absolute atomic E-state index is 6.24. The van der Waals surface area contributed by atoms with Crippen molar-refractivity contribution in [2.75, 3.05) is 6.61 Å². The van der Waals surface area contributed by atoms with E-state index in [0.29, 0.717) is 12.1 Å². The molecule has 0 heterocycles. The minimum Gasteiger partial charge on any atom is -0.378 e. The van der Waals surface area contributed by atoms with Gasteiger partial charge >= 0.3 is 0 Å². The van der Waals surface area contributed by atoms with Crippen LogP contribution in [0.25, 0.3) is 0 Å². The maximum Gasteiger partial charge on any atom is 0.0580 e. The zero-order chi connectivity index (χ0) is 11.4. The molecule has 2 saturated carbocycles. The highest BCUT2D eigenvalue weighted by Gasteiger charge is 2.31. The van der Waals surface area contributed by atoms with Crippen LogP contribution in [0.2, 0.25) is 0 Å². The molecule has 0 aliphatic heterocycles. The third kappa shape index (κ3) is 3.46. The van der Waals surface area contributed by atoms with Crippen LogP contribution in [-0.4, -0.2) is 18.8 Å². The first-order chi connectivity index (χ1) is 7.78. The Kier molecular flexibility index (Phi) is 4.66. The molecule has 2 fully saturated rings. The highest BCUT2D eigenvalue weighted by Crippen LogP contribution is 2.35. The topological polar surface area (TPSA) is 35.2 Å². The average Bonchev–Trinajstić information content (AvgIpc) is 2.67. The highest BCUT2D eigenvalue weighted by molar-refractivity contribution is 4.84. The monoisotopic (exact) mass is 225 g/mol. The van der Waals surface area contributed by atoms with Crippen molar-refractivity contribution in [1.82, 2.24) is 0 Å². The third-order valence-corrected chi connectivity index (χ3v) is 4.34. The molecule has 0 amide bonds. The summed E-state index contributed by atoms with van der Waals surface area (Å²) in [7, 11) is 0. The van der Waals surface area contributed by atoms with Gasteiger partial charge in [-0.2, -0.15) is 0 Å². The summed E-state index contributed by atoms with van der Waals surface area (Å²) in [6.07, 6.45) is 11.3. The Balaban J connectivity index is 1.56. The predicted octanol–water partition coefficient (Wildman–Crippen LogP) is 3.10. The molecular weight excluding hydrogens is 198 g/mol. The molecule has 2 aliphatic carbocycles. The lowest BCUT2D eigenvalue weighted by Gasteiger charge is -2.36. The van der Waals surface area contributed by atoms with Crippen LogP contribution >= 0.6 is 0 Å². The second-order valence-electron chi connectivity index (χ2n) is 5.80. The lowest BCUT2D eigenvalue weighted by atomic mass is 9.77. The molecule has 16 heavy (non-hydrogen) atoms. The fourth-order valence-corrected chi connectivity index (χ4v) is 3.44. The van der Waals surface area contributed by atoms with E-state index in [-0.39, 0.29) is 0 Å². The molecule has 1 atom stereocenters. The van der Waals surface area contributed by atoms with Gasteiger partial charge in [-0.3, -0.25) is 0 Å². The normalized spacial score (nSPS) is 32.6. The predicted molar refractivity (Wildman–Crippen MR) is 67.3 cm³/mol. The van der Waals surface area contributed by atoms with E-state index in [1.165, 1.54) is 51.4 Å². The van der Waals surface area contributed by atoms with E-state index >= 15 is 0 Å². The van der Waals surface area contributed by atoms with Crippen molar-refractivity contribution < 1.29 is 4.74 Å². The van der Waals surface area contributed by atoms with E-state index in [4.69, 9.17) is 10.5 Å². The largest absolute Gasteiger partial charge is 0.378 e. The molecule has 0 aromatic rings. The standard InChI is InChI=1S/C14H27NO/c1-2-16-14-9-12(10-14)8-13(15)7-11-5-3-4-6-11/h11-14H,2-10,15H2,1H3. The van der Waals surface area contributed by atoms with Gasteiger partial charge in [0.2, 0.25) is 0 Å². The van der Waals surface area contributed by atoms with Gasteiger partial charge < -0.3 is 10.5 Å². The van der Waals surface area contributed by atoms with Crippen molar-refractivity contribution in [2.24, 2.45) is 17.6 Å². The summed E-state index contributed by atoms with van der Waals surface area (Å²) in [6.45, 7) is 2.95. The molecule has 2 nitrogen and oxygen atoms in total. The second-order valence-corrected chi connectivity index (χ2v) is 5.80. The molecule has 2 aliphatic rings. The molecule has 0 radical (unpaired) electrons. The third-order valence-electron chi connectivity index (χ3n) is 4.34. The SMILES string of the molecule is CCOC1CC(CC(N)CC2CCCC2)C1. The van der Waals surface area contributed by atoms with Gasteiger partial charge in [0.1, 0.15) is 0 Å². The summed E-state index contributed by atoms with van der Waals surface area (Å²) < 4.78 is 5.58.